The highest BCUT2D eigenvalue weighted by Crippen LogP contribution is 2.28. The van der Waals surface area contributed by atoms with Crippen molar-refractivity contribution in [3.05, 3.63) is 88.2 Å². The molecule has 3 aromatic heterocycles. The Hall–Kier alpha value is -3.53. The number of pyridine rings is 2. The number of carbonyl (C=O) groups excluding carboxylic acids is 1. The van der Waals surface area contributed by atoms with E-state index in [0.717, 1.165) is 11.6 Å². The molecule has 0 aliphatic rings. The van der Waals surface area contributed by atoms with Crippen LogP contribution in [0.25, 0.3) is 10.9 Å². The maximum absolute atomic E-state index is 13.8. The van der Waals surface area contributed by atoms with E-state index in [4.69, 9.17) is 5.73 Å². The minimum Gasteiger partial charge on any atom is -0.383 e. The van der Waals surface area contributed by atoms with Crippen molar-refractivity contribution in [1.29, 1.82) is 0 Å². The summed E-state index contributed by atoms with van der Waals surface area (Å²) < 4.78 is 26.6. The number of alkyl halides is 2. The van der Waals surface area contributed by atoms with E-state index in [1.54, 1.807) is 47.6 Å². The van der Waals surface area contributed by atoms with Gasteiger partial charge in [0.25, 0.3) is 12.3 Å². The molecule has 0 saturated carbocycles. The molecule has 0 radical (unpaired) electrons. The molecule has 10 heteroatoms. The SMILES string of the molecule is CC[C@H](c1ncccn1)N(Cc1ccc(C(F)F)cn1)C(=O)c1ccc2nc(N)c(Br)cc2c1. The third-order valence-corrected chi connectivity index (χ3v) is 6.02. The molecule has 0 spiro atoms. The Balaban J connectivity index is 1.74. The van der Waals surface area contributed by atoms with Gasteiger partial charge < -0.3 is 10.6 Å². The summed E-state index contributed by atoms with van der Waals surface area (Å²) in [6.07, 6.45) is 2.30. The van der Waals surface area contributed by atoms with Crippen LogP contribution in [0.5, 0.6) is 0 Å². The highest BCUT2D eigenvalue weighted by molar-refractivity contribution is 9.10. The molecule has 2 N–H and O–H groups in total. The summed E-state index contributed by atoms with van der Waals surface area (Å²) in [4.78, 5) is 32.5. The first kappa shape index (κ1) is 23.6. The lowest BCUT2D eigenvalue weighted by molar-refractivity contribution is 0.0640. The molecule has 1 aromatic carbocycles. The largest absolute Gasteiger partial charge is 0.383 e. The van der Waals surface area contributed by atoms with E-state index in [-0.39, 0.29) is 18.0 Å². The zero-order valence-electron chi connectivity index (χ0n) is 18.2. The number of benzene rings is 1. The second-order valence-corrected chi connectivity index (χ2v) is 8.46. The van der Waals surface area contributed by atoms with E-state index in [0.29, 0.717) is 39.3 Å². The predicted molar refractivity (Wildman–Crippen MR) is 128 cm³/mol. The molecule has 1 atom stereocenters. The molecule has 4 rings (SSSR count). The third-order valence-electron chi connectivity index (χ3n) is 5.38. The van der Waals surface area contributed by atoms with Gasteiger partial charge in [-0.2, -0.15) is 0 Å². The fraction of sp³-hybridized carbons (Fsp3) is 0.208. The van der Waals surface area contributed by atoms with Crippen LogP contribution in [0, 0.1) is 0 Å². The summed E-state index contributed by atoms with van der Waals surface area (Å²) in [5, 5.41) is 0.746. The predicted octanol–water partition coefficient (Wildman–Crippen LogP) is 5.50. The standard InChI is InChI=1S/C24H21BrF2N6O/c1-2-20(23-29-8-3-9-30-23)33(13-17-6-4-15(12-31-17)21(26)27)24(34)14-5-7-19-16(10-14)11-18(25)22(28)32-19/h3-12,20-21H,2,13H2,1H3,(H2,28,32)/t20-/m1/s1. The summed E-state index contributed by atoms with van der Waals surface area (Å²) in [5.41, 5.74) is 7.26. The van der Waals surface area contributed by atoms with Gasteiger partial charge in [-0.3, -0.25) is 9.78 Å². The average molecular weight is 527 g/mol. The Morgan fingerprint density at radius 1 is 1.12 bits per heavy atom. The number of halogens is 3. The second-order valence-electron chi connectivity index (χ2n) is 7.61. The number of nitrogens with two attached hydrogens (primary N) is 1. The van der Waals surface area contributed by atoms with Crippen LogP contribution in [0.2, 0.25) is 0 Å². The Bertz CT molecular complexity index is 1300. The van der Waals surface area contributed by atoms with Gasteiger partial charge in [0, 0.05) is 35.1 Å². The van der Waals surface area contributed by atoms with Gasteiger partial charge in [0.05, 0.1) is 28.3 Å². The number of rotatable bonds is 7. The van der Waals surface area contributed by atoms with Gasteiger partial charge in [-0.05, 0) is 64.8 Å². The van der Waals surface area contributed by atoms with E-state index in [1.165, 1.54) is 12.1 Å². The molecule has 1 amide bonds. The summed E-state index contributed by atoms with van der Waals surface area (Å²) in [6, 6.07) is 11.0. The van der Waals surface area contributed by atoms with Crippen molar-refractivity contribution >= 4 is 38.6 Å². The molecule has 0 aliphatic carbocycles. The number of hydrogen-bond donors (Lipinski definition) is 1. The number of hydrogen-bond acceptors (Lipinski definition) is 6. The number of anilines is 1. The molecule has 0 saturated heterocycles. The van der Waals surface area contributed by atoms with E-state index in [9.17, 15) is 13.6 Å². The van der Waals surface area contributed by atoms with Gasteiger partial charge in [0.1, 0.15) is 5.82 Å². The lowest BCUT2D eigenvalue weighted by Crippen LogP contribution is -2.35. The normalized spacial score (nSPS) is 12.1. The molecule has 7 nitrogen and oxygen atoms in total. The van der Waals surface area contributed by atoms with E-state index in [1.807, 2.05) is 6.92 Å². The van der Waals surface area contributed by atoms with E-state index in [2.05, 4.69) is 35.9 Å². The number of nitrogens with zero attached hydrogens (tertiary/aromatic N) is 5. The molecule has 174 valence electrons. The maximum Gasteiger partial charge on any atom is 0.265 e. The van der Waals surface area contributed by atoms with Crippen molar-refractivity contribution in [2.24, 2.45) is 0 Å². The Kier molecular flexibility index (Phi) is 7.06. The van der Waals surface area contributed by atoms with Crippen LogP contribution in [-0.4, -0.2) is 30.7 Å². The topological polar surface area (TPSA) is 97.9 Å². The maximum atomic E-state index is 13.8. The van der Waals surface area contributed by atoms with Crippen molar-refractivity contribution in [2.45, 2.75) is 32.4 Å². The van der Waals surface area contributed by atoms with Crippen LogP contribution in [0.15, 0.2) is 65.5 Å². The first-order valence-electron chi connectivity index (χ1n) is 10.5. The van der Waals surface area contributed by atoms with Crippen molar-refractivity contribution in [3.63, 3.8) is 0 Å². The summed E-state index contributed by atoms with van der Waals surface area (Å²) in [6.45, 7) is 2.03. The van der Waals surface area contributed by atoms with Crippen LogP contribution < -0.4 is 5.73 Å². The van der Waals surface area contributed by atoms with Gasteiger partial charge in [0.2, 0.25) is 0 Å². The quantitative estimate of drug-likeness (QED) is 0.341. The number of aromatic nitrogens is 4. The smallest absolute Gasteiger partial charge is 0.265 e. The van der Waals surface area contributed by atoms with E-state index >= 15 is 0 Å². The number of nitrogen functional groups attached to an aromatic ring is 1. The fourth-order valence-corrected chi connectivity index (χ4v) is 3.98. The van der Waals surface area contributed by atoms with Gasteiger partial charge in [-0.1, -0.05) is 6.92 Å². The molecule has 0 unspecified atom stereocenters. The Labute approximate surface area is 203 Å². The lowest BCUT2D eigenvalue weighted by atomic mass is 10.1. The highest BCUT2D eigenvalue weighted by Gasteiger charge is 2.28. The van der Waals surface area contributed by atoms with Crippen LogP contribution in [0.4, 0.5) is 14.6 Å². The van der Waals surface area contributed by atoms with Crippen LogP contribution in [-0.2, 0) is 6.54 Å². The van der Waals surface area contributed by atoms with Gasteiger partial charge in [-0.25, -0.2) is 23.7 Å². The van der Waals surface area contributed by atoms with Crippen LogP contribution in [0.1, 0.15) is 53.3 Å². The Morgan fingerprint density at radius 3 is 2.53 bits per heavy atom. The third kappa shape index (κ3) is 5.01. The van der Waals surface area contributed by atoms with Crippen molar-refractivity contribution in [3.8, 4) is 0 Å². The van der Waals surface area contributed by atoms with Crippen molar-refractivity contribution in [2.75, 3.05) is 5.73 Å². The van der Waals surface area contributed by atoms with Crippen molar-refractivity contribution < 1.29 is 13.6 Å². The lowest BCUT2D eigenvalue weighted by Gasteiger charge is -2.30. The monoisotopic (exact) mass is 526 g/mol. The molecule has 0 bridgehead atoms. The molecule has 0 fully saturated rings. The summed E-state index contributed by atoms with van der Waals surface area (Å²) >= 11 is 3.37. The Morgan fingerprint density at radius 2 is 1.88 bits per heavy atom. The molecule has 3 heterocycles. The average Bonchev–Trinajstić information content (AvgIpc) is 2.85. The van der Waals surface area contributed by atoms with Gasteiger partial charge >= 0.3 is 0 Å². The van der Waals surface area contributed by atoms with Crippen LogP contribution in [0.3, 0.4) is 0 Å². The molecule has 4 aromatic rings. The number of amides is 1. The molecular weight excluding hydrogens is 506 g/mol. The zero-order valence-corrected chi connectivity index (χ0v) is 19.8. The minimum atomic E-state index is -2.61. The molecule has 0 aliphatic heterocycles. The summed E-state index contributed by atoms with van der Waals surface area (Å²) in [5.74, 6) is 0.577. The fourth-order valence-electron chi connectivity index (χ4n) is 3.65. The van der Waals surface area contributed by atoms with Gasteiger partial charge in [0.15, 0.2) is 5.82 Å². The van der Waals surface area contributed by atoms with Gasteiger partial charge in [-0.15, -0.1) is 0 Å². The van der Waals surface area contributed by atoms with Crippen molar-refractivity contribution in [1.82, 2.24) is 24.8 Å². The zero-order chi connectivity index (χ0) is 24.2. The first-order valence-corrected chi connectivity index (χ1v) is 11.3. The highest BCUT2D eigenvalue weighted by atomic mass is 79.9. The number of carbonyl (C=O) groups is 1. The number of fused-ring (bicyclic) bond motifs is 1. The minimum absolute atomic E-state index is 0.0980. The van der Waals surface area contributed by atoms with Crippen LogP contribution >= 0.6 is 15.9 Å². The molecular formula is C24H21BrF2N6O. The molecule has 34 heavy (non-hydrogen) atoms. The second kappa shape index (κ2) is 10.2. The first-order chi connectivity index (χ1) is 16.4. The summed E-state index contributed by atoms with van der Waals surface area (Å²) in [7, 11) is 0. The van der Waals surface area contributed by atoms with E-state index < -0.39 is 12.5 Å².